The second-order valence-electron chi connectivity index (χ2n) is 4.67. The number of nitrogens with zero attached hydrogens (tertiary/aromatic N) is 1. The maximum atomic E-state index is 6.30. The Morgan fingerprint density at radius 1 is 0.947 bits per heavy atom. The van der Waals surface area contributed by atoms with Crippen LogP contribution in [0.5, 0.6) is 0 Å². The molecule has 1 aromatic carbocycles. The Bertz CT molecular complexity index is 613. The minimum Gasteiger partial charge on any atom is -0.372 e. The average Bonchev–Trinajstić information content (AvgIpc) is 2.30. The van der Waals surface area contributed by atoms with Crippen molar-refractivity contribution in [3.8, 4) is 11.3 Å². The third kappa shape index (κ3) is 2.70. The molecule has 2 aromatic rings. The number of rotatable bonds is 2. The van der Waals surface area contributed by atoms with Crippen LogP contribution in [-0.4, -0.2) is 12.0 Å². The standard InChI is InChI=1S/C15H16Cl2N2/c1-8-5-9(2)13(10(3)6-8)14-11(16)7-12(17)15(18-4)19-14/h5-7H,1-4H3,(H,18,19). The Labute approximate surface area is 123 Å². The summed E-state index contributed by atoms with van der Waals surface area (Å²) in [6.45, 7) is 6.22. The van der Waals surface area contributed by atoms with Crippen molar-refractivity contribution < 1.29 is 0 Å². The molecule has 0 unspecified atom stereocenters. The topological polar surface area (TPSA) is 24.9 Å². The summed E-state index contributed by atoms with van der Waals surface area (Å²) in [5.41, 5.74) is 5.40. The van der Waals surface area contributed by atoms with E-state index >= 15 is 0 Å². The molecule has 2 rings (SSSR count). The number of halogens is 2. The molecule has 1 N–H and O–H groups in total. The number of aromatic nitrogens is 1. The molecule has 100 valence electrons. The number of pyridine rings is 1. The first kappa shape index (κ1) is 14.2. The molecule has 1 heterocycles. The Kier molecular flexibility index (Phi) is 4.02. The summed E-state index contributed by atoms with van der Waals surface area (Å²) in [5, 5.41) is 4.08. The van der Waals surface area contributed by atoms with Crippen LogP contribution in [-0.2, 0) is 0 Å². The predicted octanol–water partition coefficient (Wildman–Crippen LogP) is 5.02. The first-order valence-corrected chi connectivity index (χ1v) is 6.81. The van der Waals surface area contributed by atoms with Gasteiger partial charge in [-0.05, 0) is 38.0 Å². The van der Waals surface area contributed by atoms with E-state index in [-0.39, 0.29) is 0 Å². The molecule has 0 atom stereocenters. The van der Waals surface area contributed by atoms with E-state index in [1.54, 1.807) is 13.1 Å². The Morgan fingerprint density at radius 3 is 2.05 bits per heavy atom. The van der Waals surface area contributed by atoms with Gasteiger partial charge in [0.1, 0.15) is 5.82 Å². The third-order valence-electron chi connectivity index (χ3n) is 3.08. The monoisotopic (exact) mass is 294 g/mol. The van der Waals surface area contributed by atoms with Gasteiger partial charge >= 0.3 is 0 Å². The number of hydrogen-bond donors (Lipinski definition) is 1. The van der Waals surface area contributed by atoms with Crippen molar-refractivity contribution in [3.63, 3.8) is 0 Å². The van der Waals surface area contributed by atoms with Gasteiger partial charge in [0.25, 0.3) is 0 Å². The molecule has 0 fully saturated rings. The van der Waals surface area contributed by atoms with Gasteiger partial charge in [-0.2, -0.15) is 0 Å². The van der Waals surface area contributed by atoms with E-state index in [2.05, 4.69) is 43.2 Å². The first-order valence-electron chi connectivity index (χ1n) is 6.06. The lowest BCUT2D eigenvalue weighted by Crippen LogP contribution is -1.99. The highest BCUT2D eigenvalue weighted by molar-refractivity contribution is 6.37. The van der Waals surface area contributed by atoms with Gasteiger partial charge in [0.15, 0.2) is 0 Å². The van der Waals surface area contributed by atoms with E-state index in [9.17, 15) is 0 Å². The van der Waals surface area contributed by atoms with Gasteiger partial charge < -0.3 is 5.32 Å². The van der Waals surface area contributed by atoms with E-state index in [0.717, 1.165) is 22.4 Å². The normalized spacial score (nSPS) is 10.6. The minimum absolute atomic E-state index is 0.527. The highest BCUT2D eigenvalue weighted by atomic mass is 35.5. The van der Waals surface area contributed by atoms with Crippen LogP contribution < -0.4 is 5.32 Å². The molecule has 0 saturated carbocycles. The predicted molar refractivity (Wildman–Crippen MR) is 83.5 cm³/mol. The molecule has 0 aliphatic heterocycles. The van der Waals surface area contributed by atoms with Crippen molar-refractivity contribution in [1.82, 2.24) is 4.98 Å². The van der Waals surface area contributed by atoms with Gasteiger partial charge in [-0.1, -0.05) is 40.9 Å². The van der Waals surface area contributed by atoms with Crippen molar-refractivity contribution in [2.75, 3.05) is 12.4 Å². The number of benzene rings is 1. The third-order valence-corrected chi connectivity index (χ3v) is 3.66. The minimum atomic E-state index is 0.527. The van der Waals surface area contributed by atoms with Gasteiger partial charge in [-0.3, -0.25) is 0 Å². The molecule has 4 heteroatoms. The molecule has 19 heavy (non-hydrogen) atoms. The Hall–Kier alpha value is -1.25. The molecular formula is C15H16Cl2N2. The van der Waals surface area contributed by atoms with E-state index in [1.807, 2.05) is 0 Å². The van der Waals surface area contributed by atoms with Gasteiger partial charge in [-0.25, -0.2) is 4.98 Å². The maximum Gasteiger partial charge on any atom is 0.145 e. The van der Waals surface area contributed by atoms with Crippen molar-refractivity contribution in [1.29, 1.82) is 0 Å². The molecule has 1 aromatic heterocycles. The van der Waals surface area contributed by atoms with Crippen LogP contribution in [0.4, 0.5) is 5.82 Å². The van der Waals surface area contributed by atoms with Crippen LogP contribution in [0, 0.1) is 20.8 Å². The van der Waals surface area contributed by atoms with Crippen molar-refractivity contribution >= 4 is 29.0 Å². The largest absolute Gasteiger partial charge is 0.372 e. The van der Waals surface area contributed by atoms with Crippen LogP contribution in [0.3, 0.4) is 0 Å². The molecular weight excluding hydrogens is 279 g/mol. The lowest BCUT2D eigenvalue weighted by molar-refractivity contribution is 1.25. The number of anilines is 1. The Balaban J connectivity index is 2.72. The van der Waals surface area contributed by atoms with Crippen LogP contribution in [0.1, 0.15) is 16.7 Å². The first-order chi connectivity index (χ1) is 8.93. The summed E-state index contributed by atoms with van der Waals surface area (Å²) in [6.07, 6.45) is 0. The molecule has 0 amide bonds. The molecule has 0 aliphatic carbocycles. The number of aryl methyl sites for hydroxylation is 3. The second kappa shape index (κ2) is 5.40. The highest BCUT2D eigenvalue weighted by Crippen LogP contribution is 2.35. The lowest BCUT2D eigenvalue weighted by Gasteiger charge is -2.14. The molecule has 0 aliphatic rings. The van der Waals surface area contributed by atoms with Crippen LogP contribution in [0.25, 0.3) is 11.3 Å². The zero-order valence-corrected chi connectivity index (χ0v) is 12.9. The fourth-order valence-corrected chi connectivity index (χ4v) is 2.92. The average molecular weight is 295 g/mol. The molecule has 0 saturated heterocycles. The van der Waals surface area contributed by atoms with Crippen molar-refractivity contribution in [2.24, 2.45) is 0 Å². The zero-order chi connectivity index (χ0) is 14.2. The van der Waals surface area contributed by atoms with E-state index in [1.165, 1.54) is 5.56 Å². The fourth-order valence-electron chi connectivity index (χ4n) is 2.37. The molecule has 0 radical (unpaired) electrons. The van der Waals surface area contributed by atoms with Crippen LogP contribution >= 0.6 is 23.2 Å². The van der Waals surface area contributed by atoms with Gasteiger partial charge in [0.2, 0.25) is 0 Å². The van der Waals surface area contributed by atoms with E-state index < -0.39 is 0 Å². The summed E-state index contributed by atoms with van der Waals surface area (Å²) < 4.78 is 0. The summed E-state index contributed by atoms with van der Waals surface area (Å²) in [6, 6.07) is 6.00. The van der Waals surface area contributed by atoms with E-state index in [0.29, 0.717) is 15.9 Å². The molecule has 0 spiro atoms. The fraction of sp³-hybridized carbons (Fsp3) is 0.267. The van der Waals surface area contributed by atoms with Gasteiger partial charge in [0, 0.05) is 12.6 Å². The summed E-state index contributed by atoms with van der Waals surface area (Å²) in [7, 11) is 1.79. The SMILES string of the molecule is CNc1nc(-c2c(C)cc(C)cc2C)c(Cl)cc1Cl. The van der Waals surface area contributed by atoms with Crippen molar-refractivity contribution in [3.05, 3.63) is 44.9 Å². The molecule has 0 bridgehead atoms. The second-order valence-corrected chi connectivity index (χ2v) is 5.49. The number of hydrogen-bond acceptors (Lipinski definition) is 2. The smallest absolute Gasteiger partial charge is 0.145 e. The Morgan fingerprint density at radius 2 is 1.53 bits per heavy atom. The maximum absolute atomic E-state index is 6.30. The highest BCUT2D eigenvalue weighted by Gasteiger charge is 2.14. The van der Waals surface area contributed by atoms with Crippen molar-refractivity contribution in [2.45, 2.75) is 20.8 Å². The summed E-state index contributed by atoms with van der Waals surface area (Å²) in [4.78, 5) is 4.54. The van der Waals surface area contributed by atoms with Crippen LogP contribution in [0.2, 0.25) is 10.0 Å². The lowest BCUT2D eigenvalue weighted by atomic mass is 9.97. The quantitative estimate of drug-likeness (QED) is 0.841. The zero-order valence-electron chi connectivity index (χ0n) is 11.4. The van der Waals surface area contributed by atoms with Gasteiger partial charge in [0.05, 0.1) is 15.7 Å². The number of nitrogens with one attached hydrogen (secondary N) is 1. The van der Waals surface area contributed by atoms with Crippen LogP contribution in [0.15, 0.2) is 18.2 Å². The van der Waals surface area contributed by atoms with E-state index in [4.69, 9.17) is 23.2 Å². The summed E-state index contributed by atoms with van der Waals surface area (Å²) >= 11 is 12.4. The summed E-state index contributed by atoms with van der Waals surface area (Å²) in [5.74, 6) is 0.639. The molecule has 2 nitrogen and oxygen atoms in total. The van der Waals surface area contributed by atoms with Gasteiger partial charge in [-0.15, -0.1) is 0 Å².